The van der Waals surface area contributed by atoms with E-state index in [2.05, 4.69) is 10.6 Å². The fraction of sp³-hybridized carbons (Fsp3) is 0.529. The molecule has 2 N–H and O–H groups in total. The van der Waals surface area contributed by atoms with Crippen LogP contribution in [0.25, 0.3) is 0 Å². The van der Waals surface area contributed by atoms with Crippen molar-refractivity contribution in [2.24, 2.45) is 0 Å². The number of urea groups is 1. The average Bonchev–Trinajstić information content (AvgIpc) is 3.23. The summed E-state index contributed by atoms with van der Waals surface area (Å²) in [4.78, 5) is 25.1. The fourth-order valence-corrected chi connectivity index (χ4v) is 4.22. The molecule has 2 fully saturated rings. The first-order valence-corrected chi connectivity index (χ1v) is 9.48. The number of cyclic esters (lactones) is 1. The number of carbonyl (C=O) groups excluding carboxylic acids is 2. The maximum absolute atomic E-state index is 12.0. The third-order valence-corrected chi connectivity index (χ3v) is 5.60. The van der Waals surface area contributed by atoms with Crippen LogP contribution >= 0.6 is 11.8 Å². The van der Waals surface area contributed by atoms with Gasteiger partial charge in [-0.15, -0.1) is 0 Å². The van der Waals surface area contributed by atoms with Crippen LogP contribution in [0, 0.1) is 0 Å². The van der Waals surface area contributed by atoms with Crippen LogP contribution in [0.5, 0.6) is 0 Å². The number of nitrogens with zero attached hydrogens (tertiary/aromatic N) is 1. The molecule has 2 aliphatic rings. The van der Waals surface area contributed by atoms with Gasteiger partial charge in [-0.05, 0) is 31.0 Å². The molecule has 7 heteroatoms. The smallest absolute Gasteiger partial charge is 0.414 e. The second kappa shape index (κ2) is 8.28. The first-order valence-electron chi connectivity index (χ1n) is 8.43. The van der Waals surface area contributed by atoms with Crippen molar-refractivity contribution in [2.45, 2.75) is 30.9 Å². The molecular formula is C17H23N3O3S. The van der Waals surface area contributed by atoms with Crippen LogP contribution in [0.4, 0.5) is 21.0 Å². The molecule has 1 aliphatic carbocycles. The van der Waals surface area contributed by atoms with Crippen molar-refractivity contribution in [2.75, 3.05) is 35.7 Å². The van der Waals surface area contributed by atoms with Gasteiger partial charge < -0.3 is 15.4 Å². The van der Waals surface area contributed by atoms with Crippen LogP contribution in [-0.2, 0) is 4.74 Å². The second-order valence-electron chi connectivity index (χ2n) is 5.97. The van der Waals surface area contributed by atoms with Crippen molar-refractivity contribution in [1.29, 1.82) is 0 Å². The molecule has 0 bridgehead atoms. The third-order valence-electron chi connectivity index (χ3n) is 4.22. The van der Waals surface area contributed by atoms with Gasteiger partial charge in [0.25, 0.3) is 0 Å². The lowest BCUT2D eigenvalue weighted by Crippen LogP contribution is -2.31. The fourth-order valence-electron chi connectivity index (χ4n) is 3.00. The Labute approximate surface area is 146 Å². The summed E-state index contributed by atoms with van der Waals surface area (Å²) in [6.07, 6.45) is 4.95. The third kappa shape index (κ3) is 4.56. The molecule has 1 saturated heterocycles. The first-order chi connectivity index (χ1) is 11.7. The molecule has 1 saturated carbocycles. The number of benzene rings is 1. The highest BCUT2D eigenvalue weighted by Crippen LogP contribution is 2.28. The SMILES string of the molecule is O=C(NCCSC1CCCC1)Nc1cccc(N2CCOC2=O)c1. The Bertz CT molecular complexity index is 590. The van der Waals surface area contributed by atoms with E-state index in [4.69, 9.17) is 4.74 Å². The monoisotopic (exact) mass is 349 g/mol. The summed E-state index contributed by atoms with van der Waals surface area (Å²) >= 11 is 1.95. The van der Waals surface area contributed by atoms with Gasteiger partial charge in [0.1, 0.15) is 6.61 Å². The predicted octanol–water partition coefficient (Wildman–Crippen LogP) is 3.44. The molecule has 1 aliphatic heterocycles. The summed E-state index contributed by atoms with van der Waals surface area (Å²) in [6, 6.07) is 7.00. The number of nitrogens with one attached hydrogen (secondary N) is 2. The molecule has 0 unspecified atom stereocenters. The highest BCUT2D eigenvalue weighted by atomic mass is 32.2. The van der Waals surface area contributed by atoms with E-state index in [9.17, 15) is 9.59 Å². The lowest BCUT2D eigenvalue weighted by Gasteiger charge is -2.14. The molecule has 1 aromatic rings. The number of ether oxygens (including phenoxy) is 1. The van der Waals surface area contributed by atoms with E-state index in [1.54, 1.807) is 17.0 Å². The van der Waals surface area contributed by atoms with Crippen molar-refractivity contribution in [1.82, 2.24) is 5.32 Å². The van der Waals surface area contributed by atoms with Crippen LogP contribution in [0.15, 0.2) is 24.3 Å². The summed E-state index contributed by atoms with van der Waals surface area (Å²) < 4.78 is 4.93. The molecule has 0 aromatic heterocycles. The zero-order valence-electron chi connectivity index (χ0n) is 13.6. The summed E-state index contributed by atoms with van der Waals surface area (Å²) in [5.41, 5.74) is 1.39. The lowest BCUT2D eigenvalue weighted by atomic mass is 10.2. The van der Waals surface area contributed by atoms with Crippen molar-refractivity contribution in [3.05, 3.63) is 24.3 Å². The summed E-state index contributed by atoms with van der Waals surface area (Å²) in [5, 5.41) is 6.46. The number of thioether (sulfide) groups is 1. The summed E-state index contributed by atoms with van der Waals surface area (Å²) in [7, 11) is 0. The average molecular weight is 349 g/mol. The quantitative estimate of drug-likeness (QED) is 0.772. The van der Waals surface area contributed by atoms with E-state index in [0.717, 1.165) is 16.7 Å². The van der Waals surface area contributed by atoms with Gasteiger partial charge in [-0.25, -0.2) is 9.59 Å². The van der Waals surface area contributed by atoms with Crippen LogP contribution in [0.3, 0.4) is 0 Å². The topological polar surface area (TPSA) is 70.7 Å². The van der Waals surface area contributed by atoms with Crippen molar-refractivity contribution in [3.63, 3.8) is 0 Å². The van der Waals surface area contributed by atoms with Crippen LogP contribution in [0.1, 0.15) is 25.7 Å². The maximum atomic E-state index is 12.0. The van der Waals surface area contributed by atoms with E-state index in [1.807, 2.05) is 23.9 Å². The van der Waals surface area contributed by atoms with E-state index in [-0.39, 0.29) is 12.1 Å². The highest BCUT2D eigenvalue weighted by molar-refractivity contribution is 7.99. The van der Waals surface area contributed by atoms with Gasteiger partial charge in [-0.3, -0.25) is 4.90 Å². The Morgan fingerprint density at radius 3 is 2.92 bits per heavy atom. The number of hydrogen-bond acceptors (Lipinski definition) is 4. The number of rotatable bonds is 6. The van der Waals surface area contributed by atoms with Crippen LogP contribution in [-0.4, -0.2) is 42.8 Å². The minimum atomic E-state index is -0.347. The largest absolute Gasteiger partial charge is 0.447 e. The zero-order chi connectivity index (χ0) is 16.8. The zero-order valence-corrected chi connectivity index (χ0v) is 14.4. The van der Waals surface area contributed by atoms with Gasteiger partial charge in [0.2, 0.25) is 0 Å². The van der Waals surface area contributed by atoms with E-state index >= 15 is 0 Å². The molecule has 1 heterocycles. The van der Waals surface area contributed by atoms with Gasteiger partial charge >= 0.3 is 12.1 Å². The lowest BCUT2D eigenvalue weighted by molar-refractivity contribution is 0.181. The van der Waals surface area contributed by atoms with Crippen LogP contribution in [0.2, 0.25) is 0 Å². The van der Waals surface area contributed by atoms with Crippen LogP contribution < -0.4 is 15.5 Å². The van der Waals surface area contributed by atoms with Crippen molar-refractivity contribution < 1.29 is 14.3 Å². The Hall–Kier alpha value is -1.89. The van der Waals surface area contributed by atoms with Crippen molar-refractivity contribution in [3.8, 4) is 0 Å². The van der Waals surface area contributed by atoms with E-state index < -0.39 is 0 Å². The first kappa shape index (κ1) is 17.0. The molecule has 3 amide bonds. The maximum Gasteiger partial charge on any atom is 0.414 e. The normalized spacial score (nSPS) is 17.8. The second-order valence-corrected chi connectivity index (χ2v) is 7.38. The molecule has 24 heavy (non-hydrogen) atoms. The number of hydrogen-bond donors (Lipinski definition) is 2. The minimum Gasteiger partial charge on any atom is -0.447 e. The molecule has 130 valence electrons. The molecular weight excluding hydrogens is 326 g/mol. The standard InChI is InChI=1S/C17H23N3O3S/c21-16(18-8-11-24-15-6-1-2-7-15)19-13-4-3-5-14(12-13)20-9-10-23-17(20)22/h3-5,12,15H,1-2,6-11H2,(H2,18,19,21). The summed E-state index contributed by atoms with van der Waals surface area (Å²) in [6.45, 7) is 1.59. The number of carbonyl (C=O) groups is 2. The van der Waals surface area contributed by atoms with Crippen molar-refractivity contribution >= 4 is 35.3 Å². The van der Waals surface area contributed by atoms with E-state index in [0.29, 0.717) is 25.4 Å². The number of anilines is 2. The van der Waals surface area contributed by atoms with Gasteiger partial charge in [0.05, 0.1) is 6.54 Å². The Morgan fingerprint density at radius 1 is 1.33 bits per heavy atom. The minimum absolute atomic E-state index is 0.219. The van der Waals surface area contributed by atoms with Gasteiger partial charge in [-0.1, -0.05) is 18.9 Å². The molecule has 6 nitrogen and oxygen atoms in total. The van der Waals surface area contributed by atoms with Gasteiger partial charge in [-0.2, -0.15) is 11.8 Å². The Kier molecular flexibility index (Phi) is 5.85. The summed E-state index contributed by atoms with van der Waals surface area (Å²) in [5.74, 6) is 0.942. The van der Waals surface area contributed by atoms with Gasteiger partial charge in [0, 0.05) is 28.9 Å². The van der Waals surface area contributed by atoms with E-state index in [1.165, 1.54) is 25.7 Å². The number of amides is 3. The molecule has 0 atom stereocenters. The highest BCUT2D eigenvalue weighted by Gasteiger charge is 2.23. The Balaban J connectivity index is 1.43. The molecule has 0 spiro atoms. The van der Waals surface area contributed by atoms with Gasteiger partial charge in [0.15, 0.2) is 0 Å². The predicted molar refractivity (Wildman–Crippen MR) is 96.9 cm³/mol. The molecule has 0 radical (unpaired) electrons. The Morgan fingerprint density at radius 2 is 2.17 bits per heavy atom. The molecule has 3 rings (SSSR count). The molecule has 1 aromatic carbocycles.